The minimum absolute atomic E-state index is 0.131. The second kappa shape index (κ2) is 3.18. The van der Waals surface area contributed by atoms with Gasteiger partial charge in [-0.25, -0.2) is 0 Å². The van der Waals surface area contributed by atoms with Crippen molar-refractivity contribution in [1.29, 1.82) is 0 Å². The van der Waals surface area contributed by atoms with E-state index in [0.717, 1.165) is 12.1 Å². The van der Waals surface area contributed by atoms with E-state index in [-0.39, 0.29) is 9.92 Å². The predicted molar refractivity (Wildman–Crippen MR) is 43.7 cm³/mol. The zero-order valence-corrected chi connectivity index (χ0v) is 7.34. The molecule has 0 atom stereocenters. The van der Waals surface area contributed by atoms with E-state index < -0.39 is 11.7 Å². The fraction of sp³-hybridized carbons (Fsp3) is 0.143. The van der Waals surface area contributed by atoms with E-state index in [1.165, 1.54) is 6.07 Å². The van der Waals surface area contributed by atoms with Crippen LogP contribution in [0.5, 0.6) is 0 Å². The van der Waals surface area contributed by atoms with Gasteiger partial charge in [-0.3, -0.25) is 0 Å². The maximum atomic E-state index is 12.0. The lowest BCUT2D eigenvalue weighted by Gasteiger charge is -2.06. The number of alkyl halides is 3. The molecule has 0 spiro atoms. The van der Waals surface area contributed by atoms with E-state index in [4.69, 9.17) is 11.6 Å². The molecule has 0 heterocycles. The molecule has 0 N–H and O–H groups in total. The summed E-state index contributed by atoms with van der Waals surface area (Å²) in [5.74, 6) is 0. The highest BCUT2D eigenvalue weighted by atomic mass is 35.5. The van der Waals surface area contributed by atoms with Crippen LogP contribution in [0.4, 0.5) is 13.2 Å². The Kier molecular flexibility index (Phi) is 2.58. The van der Waals surface area contributed by atoms with Gasteiger partial charge < -0.3 is 0 Å². The maximum absolute atomic E-state index is 12.0. The van der Waals surface area contributed by atoms with Crippen molar-refractivity contribution in [1.82, 2.24) is 0 Å². The molecule has 0 amide bonds. The summed E-state index contributed by atoms with van der Waals surface area (Å²) in [7, 11) is 0. The van der Waals surface area contributed by atoms with Gasteiger partial charge in [-0.15, -0.1) is 12.6 Å². The van der Waals surface area contributed by atoms with Gasteiger partial charge in [0.1, 0.15) is 0 Å². The molecule has 0 unspecified atom stereocenters. The van der Waals surface area contributed by atoms with Crippen molar-refractivity contribution in [3.8, 4) is 0 Å². The number of hydrogen-bond donors (Lipinski definition) is 1. The third-order valence-electron chi connectivity index (χ3n) is 1.27. The average molecular weight is 213 g/mol. The van der Waals surface area contributed by atoms with Gasteiger partial charge in [0.15, 0.2) is 0 Å². The first-order chi connectivity index (χ1) is 5.41. The first-order valence-corrected chi connectivity index (χ1v) is 3.79. The van der Waals surface area contributed by atoms with Crippen LogP contribution in [-0.4, -0.2) is 0 Å². The zero-order chi connectivity index (χ0) is 9.35. The lowest BCUT2D eigenvalue weighted by atomic mass is 10.2. The minimum atomic E-state index is -4.33. The number of benzene rings is 1. The lowest BCUT2D eigenvalue weighted by Crippen LogP contribution is -2.04. The molecule has 5 heteroatoms. The fourth-order valence-electron chi connectivity index (χ4n) is 0.689. The summed E-state index contributed by atoms with van der Waals surface area (Å²) in [6.07, 6.45) is -4.33. The van der Waals surface area contributed by atoms with E-state index >= 15 is 0 Å². The smallest absolute Gasteiger partial charge is 0.166 e. The van der Waals surface area contributed by atoms with Crippen molar-refractivity contribution < 1.29 is 13.2 Å². The highest BCUT2D eigenvalue weighted by Gasteiger charge is 2.30. The van der Waals surface area contributed by atoms with Gasteiger partial charge in [0.05, 0.1) is 10.6 Å². The second-order valence-electron chi connectivity index (χ2n) is 2.16. The Morgan fingerprint density at radius 2 is 1.83 bits per heavy atom. The average Bonchev–Trinajstić information content (AvgIpc) is 1.92. The zero-order valence-electron chi connectivity index (χ0n) is 5.69. The fourth-order valence-corrected chi connectivity index (χ4v) is 1.02. The molecule has 0 saturated carbocycles. The second-order valence-corrected chi connectivity index (χ2v) is 3.05. The Hall–Kier alpha value is -0.350. The van der Waals surface area contributed by atoms with Gasteiger partial charge in [0.2, 0.25) is 0 Å². The highest BCUT2D eigenvalue weighted by molar-refractivity contribution is 7.80. The van der Waals surface area contributed by atoms with Crippen molar-refractivity contribution in [3.05, 3.63) is 28.8 Å². The summed E-state index contributed by atoms with van der Waals surface area (Å²) in [5, 5.41) is 0.214. The third kappa shape index (κ3) is 2.08. The molecule has 0 aliphatic rings. The molecule has 1 aromatic carbocycles. The van der Waals surface area contributed by atoms with Crippen LogP contribution in [0.2, 0.25) is 5.02 Å². The van der Waals surface area contributed by atoms with Gasteiger partial charge in [-0.2, -0.15) is 13.2 Å². The molecule has 1 rings (SSSR count). The van der Waals surface area contributed by atoms with Crippen LogP contribution in [0.15, 0.2) is 23.1 Å². The first-order valence-electron chi connectivity index (χ1n) is 2.97. The summed E-state index contributed by atoms with van der Waals surface area (Å²) in [5.41, 5.74) is -0.739. The van der Waals surface area contributed by atoms with Crippen LogP contribution in [0.25, 0.3) is 0 Å². The molecular formula is C7H4ClF3S. The minimum Gasteiger partial charge on any atom is -0.166 e. The third-order valence-corrected chi connectivity index (χ3v) is 2.10. The van der Waals surface area contributed by atoms with Crippen molar-refractivity contribution in [2.75, 3.05) is 0 Å². The summed E-state index contributed by atoms with van der Waals surface area (Å²) < 4.78 is 36.1. The monoisotopic (exact) mass is 212 g/mol. The predicted octanol–water partition coefficient (Wildman–Crippen LogP) is 3.65. The number of rotatable bonds is 0. The topological polar surface area (TPSA) is 0 Å². The van der Waals surface area contributed by atoms with Crippen LogP contribution < -0.4 is 0 Å². The van der Waals surface area contributed by atoms with Crippen LogP contribution >= 0.6 is 24.2 Å². The molecule has 0 saturated heterocycles. The SMILES string of the molecule is FC(F)(F)c1ccc(Cl)c(S)c1. The Balaban J connectivity index is 3.14. The Bertz CT molecular complexity index is 295. The van der Waals surface area contributed by atoms with Crippen molar-refractivity contribution in [2.45, 2.75) is 11.1 Å². The summed E-state index contributed by atoms with van der Waals surface area (Å²) in [4.78, 5) is 0.131. The van der Waals surface area contributed by atoms with E-state index in [2.05, 4.69) is 12.6 Å². The number of hydrogen-bond acceptors (Lipinski definition) is 1. The van der Waals surface area contributed by atoms with Gasteiger partial charge in [-0.1, -0.05) is 11.6 Å². The number of thiol groups is 1. The van der Waals surface area contributed by atoms with Crippen LogP contribution in [-0.2, 0) is 6.18 Å². The molecule has 1 aromatic rings. The maximum Gasteiger partial charge on any atom is 0.416 e. The van der Waals surface area contributed by atoms with Gasteiger partial charge >= 0.3 is 6.18 Å². The van der Waals surface area contributed by atoms with Gasteiger partial charge in [0.25, 0.3) is 0 Å². The molecule has 12 heavy (non-hydrogen) atoms. The molecule has 66 valence electrons. The molecule has 0 aliphatic carbocycles. The summed E-state index contributed by atoms with van der Waals surface area (Å²) in [6, 6.07) is 2.99. The normalized spacial score (nSPS) is 11.8. The molecular weight excluding hydrogens is 209 g/mol. The highest BCUT2D eigenvalue weighted by Crippen LogP contribution is 2.32. The van der Waals surface area contributed by atoms with Crippen LogP contribution in [0.3, 0.4) is 0 Å². The first kappa shape index (κ1) is 9.74. The van der Waals surface area contributed by atoms with E-state index in [9.17, 15) is 13.2 Å². The molecule has 0 radical (unpaired) electrons. The quantitative estimate of drug-likeness (QED) is 0.624. The standard InChI is InChI=1S/C7H4ClF3S/c8-5-2-1-4(3-6(5)12)7(9,10)11/h1-3,12H. The van der Waals surface area contributed by atoms with Gasteiger partial charge in [-0.05, 0) is 18.2 Å². The lowest BCUT2D eigenvalue weighted by molar-refractivity contribution is -0.137. The van der Waals surface area contributed by atoms with Crippen molar-refractivity contribution in [2.24, 2.45) is 0 Å². The largest absolute Gasteiger partial charge is 0.416 e. The molecule has 0 nitrogen and oxygen atoms in total. The number of halogens is 4. The van der Waals surface area contributed by atoms with E-state index in [1.54, 1.807) is 0 Å². The van der Waals surface area contributed by atoms with E-state index in [0.29, 0.717) is 0 Å². The Morgan fingerprint density at radius 1 is 1.25 bits per heavy atom. The van der Waals surface area contributed by atoms with Crippen molar-refractivity contribution >= 4 is 24.2 Å². The Morgan fingerprint density at radius 3 is 2.25 bits per heavy atom. The molecule has 0 fully saturated rings. The van der Waals surface area contributed by atoms with E-state index in [1.807, 2.05) is 0 Å². The Labute approximate surface area is 77.8 Å². The molecule has 0 bridgehead atoms. The van der Waals surface area contributed by atoms with Crippen LogP contribution in [0.1, 0.15) is 5.56 Å². The molecule has 0 aromatic heterocycles. The van der Waals surface area contributed by atoms with Gasteiger partial charge in [0, 0.05) is 4.90 Å². The van der Waals surface area contributed by atoms with Crippen molar-refractivity contribution in [3.63, 3.8) is 0 Å². The summed E-state index contributed by atoms with van der Waals surface area (Å²) in [6.45, 7) is 0. The van der Waals surface area contributed by atoms with Crippen LogP contribution in [0, 0.1) is 0 Å². The molecule has 0 aliphatic heterocycles. The summed E-state index contributed by atoms with van der Waals surface area (Å²) >= 11 is 9.25.